The lowest BCUT2D eigenvalue weighted by Crippen LogP contribution is -2.57. The number of carbonyl (C=O) groups excluding carboxylic acids is 2. The molecule has 12 nitrogen and oxygen atoms in total. The first-order valence-corrected chi connectivity index (χ1v) is 23.1. The van der Waals surface area contributed by atoms with E-state index in [0.29, 0.717) is 49.2 Å². The molecule has 1 saturated carbocycles. The molecule has 0 aromatic carbocycles. The van der Waals surface area contributed by atoms with Crippen LogP contribution in [0.5, 0.6) is 0 Å². The second-order valence-electron chi connectivity index (χ2n) is 19.4. The third kappa shape index (κ3) is 8.84. The minimum absolute atomic E-state index is 0.00546. The Morgan fingerprint density at radius 2 is 1.59 bits per heavy atom. The van der Waals surface area contributed by atoms with E-state index in [9.17, 15) is 19.8 Å². The number of methoxy groups -OCH3 is 2. The van der Waals surface area contributed by atoms with E-state index in [1.807, 2.05) is 19.1 Å². The summed E-state index contributed by atoms with van der Waals surface area (Å²) in [5, 5.41) is 23.3. The fourth-order valence-corrected chi connectivity index (χ4v) is 12.2. The molecule has 0 amide bonds. The van der Waals surface area contributed by atoms with Gasteiger partial charge in [-0.15, -0.1) is 0 Å². The molecule has 61 heavy (non-hydrogen) atoms. The molecule has 0 aromatic heterocycles. The van der Waals surface area contributed by atoms with Crippen LogP contribution in [0.2, 0.25) is 0 Å². The van der Waals surface area contributed by atoms with Gasteiger partial charge >= 0.3 is 5.97 Å². The van der Waals surface area contributed by atoms with Gasteiger partial charge in [0.15, 0.2) is 17.7 Å². The molecule has 1 spiro atoms. The molecule has 6 heterocycles. The Hall–Kier alpha value is -2.52. The van der Waals surface area contributed by atoms with Crippen molar-refractivity contribution in [2.45, 2.75) is 184 Å². The number of Topliss-reactive ketones (excluding diaryl/α,β-unsaturated/α-hetero) is 1. The number of hydrogen-bond donors (Lipinski definition) is 2. The van der Waals surface area contributed by atoms with Crippen molar-refractivity contribution in [1.82, 2.24) is 0 Å². The molecule has 8 rings (SSSR count). The highest BCUT2D eigenvalue weighted by atomic mass is 16.7. The molecule has 2 N–H and O–H groups in total. The van der Waals surface area contributed by atoms with E-state index in [1.54, 1.807) is 33.3 Å². The summed E-state index contributed by atoms with van der Waals surface area (Å²) in [7, 11) is 3.38. The van der Waals surface area contributed by atoms with Gasteiger partial charge in [0.05, 0.1) is 55.4 Å². The number of rotatable bonds is 5. The fourth-order valence-electron chi connectivity index (χ4n) is 12.2. The minimum Gasteiger partial charge on any atom is -0.462 e. The zero-order valence-corrected chi connectivity index (χ0v) is 37.2. The molecular weight excluding hydrogens is 781 g/mol. The fraction of sp³-hybridized carbons (Fsp3) is 0.755. The van der Waals surface area contributed by atoms with Gasteiger partial charge in [-0.2, -0.15) is 0 Å². The van der Waals surface area contributed by atoms with Crippen molar-refractivity contribution < 1.29 is 57.7 Å². The molecule has 17 atom stereocenters. The predicted molar refractivity (Wildman–Crippen MR) is 226 cm³/mol. The molecular formula is C49H70O12. The van der Waals surface area contributed by atoms with Crippen LogP contribution in [0.3, 0.4) is 0 Å². The normalized spacial score (nSPS) is 48.6. The third-order valence-corrected chi connectivity index (χ3v) is 15.5. The van der Waals surface area contributed by atoms with Gasteiger partial charge in [-0.05, 0) is 82.4 Å². The number of aliphatic hydroxyl groups excluding tert-OH is 1. The van der Waals surface area contributed by atoms with Gasteiger partial charge in [-0.1, -0.05) is 68.2 Å². The largest absolute Gasteiger partial charge is 0.462 e. The number of allylic oxidation sites excluding steroid dienone is 3. The van der Waals surface area contributed by atoms with E-state index < -0.39 is 41.6 Å². The Kier molecular flexibility index (Phi) is 13.7. The summed E-state index contributed by atoms with van der Waals surface area (Å²) in [4.78, 5) is 27.9. The topological polar surface area (TPSA) is 148 Å². The lowest BCUT2D eigenvalue weighted by atomic mass is 9.71. The van der Waals surface area contributed by atoms with E-state index in [1.165, 1.54) is 19.3 Å². The zero-order chi connectivity index (χ0) is 43.2. The first-order valence-electron chi connectivity index (χ1n) is 23.1. The summed E-state index contributed by atoms with van der Waals surface area (Å²) in [6.07, 6.45) is 18.7. The van der Waals surface area contributed by atoms with E-state index in [4.69, 9.17) is 37.9 Å². The number of aliphatic hydroxyl groups is 2. The van der Waals surface area contributed by atoms with Crippen molar-refractivity contribution in [2.24, 2.45) is 29.6 Å². The quantitative estimate of drug-likeness (QED) is 0.232. The molecule has 2 unspecified atom stereocenters. The second kappa shape index (κ2) is 18.5. The molecule has 338 valence electrons. The van der Waals surface area contributed by atoms with Crippen LogP contribution in [0.4, 0.5) is 0 Å². The van der Waals surface area contributed by atoms with Gasteiger partial charge in [0, 0.05) is 51.7 Å². The van der Waals surface area contributed by atoms with Crippen molar-refractivity contribution in [3.05, 3.63) is 59.3 Å². The molecule has 4 saturated heterocycles. The predicted octanol–water partition coefficient (Wildman–Crippen LogP) is 6.42. The van der Waals surface area contributed by atoms with Crippen molar-refractivity contribution >= 4 is 11.8 Å². The van der Waals surface area contributed by atoms with Gasteiger partial charge < -0.3 is 48.1 Å². The molecule has 0 radical (unpaired) electrons. The molecule has 8 aliphatic rings. The summed E-state index contributed by atoms with van der Waals surface area (Å²) < 4.78 is 51.8. The summed E-state index contributed by atoms with van der Waals surface area (Å²) in [6, 6.07) is 0. The average Bonchev–Trinajstić information content (AvgIpc) is 3.58. The van der Waals surface area contributed by atoms with Gasteiger partial charge in [-0.3, -0.25) is 9.59 Å². The van der Waals surface area contributed by atoms with Crippen LogP contribution in [0, 0.1) is 29.6 Å². The van der Waals surface area contributed by atoms with Gasteiger partial charge in [0.2, 0.25) is 0 Å². The number of hydrogen-bond acceptors (Lipinski definition) is 12. The van der Waals surface area contributed by atoms with Crippen molar-refractivity contribution in [3.63, 3.8) is 0 Å². The lowest BCUT2D eigenvalue weighted by molar-refractivity contribution is -0.296. The van der Waals surface area contributed by atoms with E-state index in [0.717, 1.165) is 24.8 Å². The summed E-state index contributed by atoms with van der Waals surface area (Å²) in [5.74, 6) is -2.86. The monoisotopic (exact) mass is 850 g/mol. The highest BCUT2D eigenvalue weighted by Gasteiger charge is 2.60. The Morgan fingerprint density at radius 1 is 0.852 bits per heavy atom. The number of carbonyl (C=O) groups is 2. The standard InChI is InChI=1S/C49H70O12/c1-27-13-11-16-33-26-56-46-44(50)29(3)21-36(49(33,46)53)47(52)59-35-22-34(60-48(25-35)20-12-17-37(61-48)32-14-9-8-10-15-32)19-18-28(2)42(27)39-23-38(54-6)43(30(4)57-39)40-24-41(55-7)45(51)31(5)58-40/h11-13,16,18,20-21,27,30-32,34-43,45-46,51,53H,8-10,14-15,17,19,22-26H2,1-7H3/b13-11+,28-18+,33-16+/t27-,30-,31-,34+,35-,36-,37-,38-,39+,40+,41-,42?,43?,45-,46+,48+,49+/m0/s1. The Morgan fingerprint density at radius 3 is 2.34 bits per heavy atom. The zero-order valence-electron chi connectivity index (χ0n) is 37.2. The minimum atomic E-state index is -1.90. The second-order valence-corrected chi connectivity index (χ2v) is 19.4. The SMILES string of the molecule is CO[C@H]1C[C@H](C2/C(C)=C/C[C@@H]3C[C@@H](C[C@]4(C=CC[C@@H](C5CCCCC5)O4)O3)OC(=O)[C@@H]3C=C(C)C(=O)[C@H]4OC/C(=C\C=C\[C@@H]2C)[C@]43O)O[C@@H](C)C1[C@H]1C[C@H](OC)[C@@H](O)[C@H](C)O1. The van der Waals surface area contributed by atoms with Crippen LogP contribution in [-0.4, -0.2) is 121 Å². The van der Waals surface area contributed by atoms with Crippen LogP contribution in [-0.2, 0) is 47.5 Å². The smallest absolute Gasteiger partial charge is 0.316 e. The molecule has 0 aromatic rings. The molecule has 5 fully saturated rings. The number of esters is 1. The summed E-state index contributed by atoms with van der Waals surface area (Å²) >= 11 is 0. The maximum Gasteiger partial charge on any atom is 0.316 e. The van der Waals surface area contributed by atoms with Gasteiger partial charge in [0.25, 0.3) is 0 Å². The molecule has 12 heteroatoms. The maximum absolute atomic E-state index is 14.4. The highest BCUT2D eigenvalue weighted by Crippen LogP contribution is 2.47. The summed E-state index contributed by atoms with van der Waals surface area (Å²) in [6.45, 7) is 9.97. The van der Waals surface area contributed by atoms with Crippen LogP contribution in [0.1, 0.15) is 105 Å². The molecule has 6 aliphatic heterocycles. The van der Waals surface area contributed by atoms with Gasteiger partial charge in [-0.25, -0.2) is 0 Å². The van der Waals surface area contributed by atoms with Crippen LogP contribution < -0.4 is 0 Å². The first kappa shape index (κ1) is 45.1. The van der Waals surface area contributed by atoms with E-state index in [2.05, 4.69) is 39.0 Å². The highest BCUT2D eigenvalue weighted by molar-refractivity contribution is 6.03. The van der Waals surface area contributed by atoms with Crippen LogP contribution in [0.15, 0.2) is 59.3 Å². The first-order chi connectivity index (χ1) is 29.2. The number of ether oxygens (including phenoxy) is 8. The maximum atomic E-state index is 14.4. The van der Waals surface area contributed by atoms with Crippen LogP contribution in [0.25, 0.3) is 0 Å². The lowest BCUT2D eigenvalue weighted by Gasteiger charge is -2.49. The van der Waals surface area contributed by atoms with E-state index >= 15 is 0 Å². The van der Waals surface area contributed by atoms with Crippen molar-refractivity contribution in [3.8, 4) is 0 Å². The number of ketones is 1. The van der Waals surface area contributed by atoms with Gasteiger partial charge in [0.1, 0.15) is 23.7 Å². The van der Waals surface area contributed by atoms with Crippen molar-refractivity contribution in [1.29, 1.82) is 0 Å². The van der Waals surface area contributed by atoms with E-state index in [-0.39, 0.29) is 79.0 Å². The molecule has 2 aliphatic carbocycles. The van der Waals surface area contributed by atoms with Crippen molar-refractivity contribution in [2.75, 3.05) is 20.8 Å². The Balaban J connectivity index is 1.13. The Labute approximate surface area is 362 Å². The molecule has 2 bridgehead atoms. The number of fused-ring (bicyclic) bond motifs is 2. The average molecular weight is 851 g/mol. The Bertz CT molecular complexity index is 1760. The third-order valence-electron chi connectivity index (χ3n) is 15.5. The van der Waals surface area contributed by atoms with Crippen LogP contribution >= 0.6 is 0 Å². The summed E-state index contributed by atoms with van der Waals surface area (Å²) in [5.41, 5.74) is 0.0690.